The Hall–Kier alpha value is -2.98. The highest BCUT2D eigenvalue weighted by molar-refractivity contribution is 5.84. The van der Waals surface area contributed by atoms with Crippen LogP contribution in [0.25, 0.3) is 17.0 Å². The summed E-state index contributed by atoms with van der Waals surface area (Å²) in [6.45, 7) is 0. The molecule has 3 aromatic heterocycles. The molecule has 0 unspecified atom stereocenters. The van der Waals surface area contributed by atoms with Gasteiger partial charge in [0.1, 0.15) is 12.1 Å². The number of ether oxygens (including phenoxy) is 1. The quantitative estimate of drug-likeness (QED) is 0.770. The van der Waals surface area contributed by atoms with Crippen LogP contribution >= 0.6 is 0 Å². The van der Waals surface area contributed by atoms with Gasteiger partial charge >= 0.3 is 12.2 Å². The molecule has 0 bridgehead atoms. The first-order valence-electron chi connectivity index (χ1n) is 7.42. The molecule has 0 atom stereocenters. The molecule has 130 valence electrons. The average Bonchev–Trinajstić information content (AvgIpc) is 3.29. The lowest BCUT2D eigenvalue weighted by Crippen LogP contribution is -2.15. The fourth-order valence-corrected chi connectivity index (χ4v) is 2.28. The van der Waals surface area contributed by atoms with Crippen LogP contribution in [0.4, 0.5) is 19.0 Å². The zero-order chi connectivity index (χ0) is 17.6. The van der Waals surface area contributed by atoms with Crippen molar-refractivity contribution in [3.05, 3.63) is 24.4 Å². The number of rotatable bonds is 4. The molecule has 8 nitrogen and oxygen atoms in total. The minimum atomic E-state index is -4.67. The monoisotopic (exact) mass is 351 g/mol. The fourth-order valence-electron chi connectivity index (χ4n) is 2.28. The molecule has 1 aliphatic rings. The summed E-state index contributed by atoms with van der Waals surface area (Å²) in [6.07, 6.45) is -0.123. The summed E-state index contributed by atoms with van der Waals surface area (Å²) < 4.78 is 45.8. The van der Waals surface area contributed by atoms with Crippen molar-refractivity contribution in [1.82, 2.24) is 29.5 Å². The van der Waals surface area contributed by atoms with Gasteiger partial charge in [-0.3, -0.25) is 4.57 Å². The summed E-state index contributed by atoms with van der Waals surface area (Å²) in [4.78, 5) is 19.4. The number of alkyl halides is 3. The Bertz CT molecular complexity index is 936. The number of anilines is 1. The average molecular weight is 351 g/mol. The van der Waals surface area contributed by atoms with Gasteiger partial charge in [0.15, 0.2) is 17.0 Å². The summed E-state index contributed by atoms with van der Waals surface area (Å²) in [5, 5.41) is 2.97. The topological polar surface area (TPSA) is 90.6 Å². The van der Waals surface area contributed by atoms with Crippen molar-refractivity contribution >= 4 is 17.0 Å². The van der Waals surface area contributed by atoms with Crippen molar-refractivity contribution in [3.63, 3.8) is 0 Å². The van der Waals surface area contributed by atoms with Crippen molar-refractivity contribution in [1.29, 1.82) is 0 Å². The molecule has 25 heavy (non-hydrogen) atoms. The molecule has 0 aliphatic heterocycles. The van der Waals surface area contributed by atoms with E-state index in [1.807, 2.05) is 0 Å². The van der Waals surface area contributed by atoms with E-state index in [4.69, 9.17) is 4.74 Å². The van der Waals surface area contributed by atoms with Crippen LogP contribution in [0.15, 0.2) is 18.6 Å². The van der Waals surface area contributed by atoms with Crippen LogP contribution in [0.2, 0.25) is 0 Å². The molecule has 0 amide bonds. The Morgan fingerprint density at radius 2 is 2.00 bits per heavy atom. The Morgan fingerprint density at radius 1 is 1.20 bits per heavy atom. The molecule has 0 spiro atoms. The van der Waals surface area contributed by atoms with E-state index in [1.165, 1.54) is 30.3 Å². The summed E-state index contributed by atoms with van der Waals surface area (Å²) in [7, 11) is 1.40. The second-order valence-corrected chi connectivity index (χ2v) is 5.50. The molecule has 3 aromatic rings. The maximum atomic E-state index is 13.2. The highest BCUT2D eigenvalue weighted by Crippen LogP contribution is 2.32. The number of imidazole rings is 1. The SMILES string of the molecule is COc1nccc(-n2cnc3c(NC4CC4)nc(C(F)(F)F)nc32)n1. The molecule has 1 saturated carbocycles. The number of nitrogens with one attached hydrogen (secondary N) is 1. The third kappa shape index (κ3) is 2.92. The molecule has 3 heterocycles. The van der Waals surface area contributed by atoms with Crippen LogP contribution in [0.1, 0.15) is 18.7 Å². The number of methoxy groups -OCH3 is 1. The number of nitrogens with zero attached hydrogens (tertiary/aromatic N) is 6. The predicted octanol–water partition coefficient (Wildman–Crippen LogP) is 2.21. The van der Waals surface area contributed by atoms with E-state index in [1.54, 1.807) is 0 Å². The molecular formula is C14H12F3N7O. The highest BCUT2D eigenvalue weighted by atomic mass is 19.4. The summed E-state index contributed by atoms with van der Waals surface area (Å²) in [5.41, 5.74) is 0.253. The van der Waals surface area contributed by atoms with E-state index in [0.717, 1.165) is 12.8 Å². The Labute approximate surface area is 139 Å². The smallest absolute Gasteiger partial charge is 0.451 e. The van der Waals surface area contributed by atoms with E-state index in [2.05, 4.69) is 30.2 Å². The van der Waals surface area contributed by atoms with Crippen molar-refractivity contribution in [2.24, 2.45) is 0 Å². The van der Waals surface area contributed by atoms with Crippen LogP contribution in [0.3, 0.4) is 0 Å². The van der Waals surface area contributed by atoms with Gasteiger partial charge < -0.3 is 10.1 Å². The molecule has 0 radical (unpaired) electrons. The second-order valence-electron chi connectivity index (χ2n) is 5.50. The van der Waals surface area contributed by atoms with Gasteiger partial charge in [-0.15, -0.1) is 0 Å². The molecule has 0 aromatic carbocycles. The van der Waals surface area contributed by atoms with E-state index < -0.39 is 12.0 Å². The Morgan fingerprint density at radius 3 is 2.68 bits per heavy atom. The first-order valence-corrected chi connectivity index (χ1v) is 7.42. The lowest BCUT2D eigenvalue weighted by molar-refractivity contribution is -0.144. The third-order valence-corrected chi connectivity index (χ3v) is 3.62. The maximum absolute atomic E-state index is 13.2. The van der Waals surface area contributed by atoms with Gasteiger partial charge in [0.05, 0.1) is 7.11 Å². The number of fused-ring (bicyclic) bond motifs is 1. The zero-order valence-electron chi connectivity index (χ0n) is 12.9. The van der Waals surface area contributed by atoms with Crippen LogP contribution < -0.4 is 10.1 Å². The number of hydrogen-bond donors (Lipinski definition) is 1. The molecule has 11 heteroatoms. The van der Waals surface area contributed by atoms with E-state index >= 15 is 0 Å². The van der Waals surface area contributed by atoms with E-state index in [9.17, 15) is 13.2 Å². The largest absolute Gasteiger partial charge is 0.467 e. The number of aromatic nitrogens is 6. The normalized spacial score (nSPS) is 14.7. The summed E-state index contributed by atoms with van der Waals surface area (Å²) >= 11 is 0. The second kappa shape index (κ2) is 5.53. The standard InChI is InChI=1S/C14H12F3N7O/c1-25-13-18-5-4-8(21-13)24-6-19-9-10(20-7-2-3-7)22-12(14(15,16)17)23-11(9)24/h4-7H,2-3H2,1H3,(H,20,22,23). The number of hydrogen-bond acceptors (Lipinski definition) is 7. The van der Waals surface area contributed by atoms with Gasteiger partial charge in [0.2, 0.25) is 5.82 Å². The molecule has 4 rings (SSSR count). The summed E-state index contributed by atoms with van der Waals surface area (Å²) in [5.74, 6) is -0.871. The van der Waals surface area contributed by atoms with Crippen LogP contribution in [0.5, 0.6) is 6.01 Å². The molecular weight excluding hydrogens is 339 g/mol. The fraction of sp³-hybridized carbons (Fsp3) is 0.357. The van der Waals surface area contributed by atoms with E-state index in [-0.39, 0.29) is 29.0 Å². The Kier molecular flexibility index (Phi) is 3.44. The van der Waals surface area contributed by atoms with E-state index in [0.29, 0.717) is 5.82 Å². The molecule has 0 saturated heterocycles. The van der Waals surface area contributed by atoms with Crippen LogP contribution in [-0.4, -0.2) is 42.6 Å². The lowest BCUT2D eigenvalue weighted by Gasteiger charge is -2.10. The van der Waals surface area contributed by atoms with Crippen LogP contribution in [0, 0.1) is 0 Å². The third-order valence-electron chi connectivity index (χ3n) is 3.62. The van der Waals surface area contributed by atoms with Crippen molar-refractivity contribution in [2.45, 2.75) is 25.1 Å². The van der Waals surface area contributed by atoms with Crippen LogP contribution in [-0.2, 0) is 6.18 Å². The predicted molar refractivity (Wildman–Crippen MR) is 80.4 cm³/mol. The molecule has 1 fully saturated rings. The first kappa shape index (κ1) is 15.5. The highest BCUT2D eigenvalue weighted by Gasteiger charge is 2.37. The van der Waals surface area contributed by atoms with Gasteiger partial charge in [0, 0.05) is 18.3 Å². The van der Waals surface area contributed by atoms with Gasteiger partial charge in [-0.1, -0.05) is 0 Å². The minimum absolute atomic E-state index is 0.00577. The van der Waals surface area contributed by atoms with Gasteiger partial charge in [0.25, 0.3) is 0 Å². The number of halogens is 3. The van der Waals surface area contributed by atoms with Crippen molar-refractivity contribution in [3.8, 4) is 11.8 Å². The first-order chi connectivity index (χ1) is 12.0. The maximum Gasteiger partial charge on any atom is 0.451 e. The van der Waals surface area contributed by atoms with Crippen molar-refractivity contribution < 1.29 is 17.9 Å². The molecule has 1 aliphatic carbocycles. The molecule has 1 N–H and O–H groups in total. The lowest BCUT2D eigenvalue weighted by atomic mass is 10.4. The Balaban J connectivity index is 1.90. The summed E-state index contributed by atoms with van der Waals surface area (Å²) in [6, 6.07) is 1.72. The van der Waals surface area contributed by atoms with Gasteiger partial charge in [-0.25, -0.2) is 19.9 Å². The van der Waals surface area contributed by atoms with Gasteiger partial charge in [-0.2, -0.15) is 18.2 Å². The zero-order valence-corrected chi connectivity index (χ0v) is 12.9. The van der Waals surface area contributed by atoms with Crippen molar-refractivity contribution in [2.75, 3.05) is 12.4 Å². The van der Waals surface area contributed by atoms with Gasteiger partial charge in [-0.05, 0) is 12.8 Å². The minimum Gasteiger partial charge on any atom is -0.467 e.